The second-order valence-corrected chi connectivity index (χ2v) is 27.4. The summed E-state index contributed by atoms with van der Waals surface area (Å²) in [5.41, 5.74) is 14.7. The van der Waals surface area contributed by atoms with Crippen molar-refractivity contribution in [3.63, 3.8) is 0 Å². The van der Waals surface area contributed by atoms with Gasteiger partial charge in [0.2, 0.25) is 0 Å². The minimum absolute atomic E-state index is 0.0142. The highest BCUT2D eigenvalue weighted by Crippen LogP contribution is 2.37. The number of amides is 2. The van der Waals surface area contributed by atoms with E-state index in [1.165, 1.54) is 0 Å². The van der Waals surface area contributed by atoms with Gasteiger partial charge in [-0.15, -0.1) is 0 Å². The highest BCUT2D eigenvalue weighted by molar-refractivity contribution is 6.34. The van der Waals surface area contributed by atoms with E-state index in [0.717, 1.165) is 83.7 Å². The lowest BCUT2D eigenvalue weighted by Crippen LogP contribution is -2.44. The molecule has 2 aliphatic heterocycles. The van der Waals surface area contributed by atoms with Crippen molar-refractivity contribution in [2.24, 2.45) is 11.8 Å². The molecule has 9 aromatic rings. The summed E-state index contributed by atoms with van der Waals surface area (Å²) >= 11 is 19.6. The number of aryl methyl sites for hydroxylation is 1. The first-order valence-corrected chi connectivity index (χ1v) is 31.5. The van der Waals surface area contributed by atoms with Crippen LogP contribution in [0.15, 0.2) is 165 Å². The number of rotatable bonds is 9. The van der Waals surface area contributed by atoms with Gasteiger partial charge in [0.25, 0.3) is 11.8 Å². The van der Waals surface area contributed by atoms with Crippen LogP contribution >= 0.6 is 34.8 Å². The number of carbonyl (C=O) groups excluding carboxylic acids is 2. The molecule has 3 aromatic carbocycles. The van der Waals surface area contributed by atoms with Crippen molar-refractivity contribution in [2.45, 2.75) is 118 Å². The van der Waals surface area contributed by atoms with Crippen molar-refractivity contribution < 1.29 is 23.5 Å². The number of likely N-dealkylation sites (tertiary alicyclic amines) is 2. The van der Waals surface area contributed by atoms with E-state index in [4.69, 9.17) is 34.8 Å². The molecule has 466 valence electrons. The van der Waals surface area contributed by atoms with Crippen LogP contribution in [0.4, 0.5) is 8.78 Å². The Kier molecular flexibility index (Phi) is 20.8. The smallest absolute Gasteiger partial charge is 0.254 e. The van der Waals surface area contributed by atoms with Gasteiger partial charge >= 0.3 is 0 Å². The highest BCUT2D eigenvalue weighted by atomic mass is 35.5. The second-order valence-electron chi connectivity index (χ2n) is 26.2. The van der Waals surface area contributed by atoms with Gasteiger partial charge in [0.05, 0.1) is 18.8 Å². The van der Waals surface area contributed by atoms with E-state index in [1.807, 2.05) is 118 Å². The molecule has 6 aromatic heterocycles. The van der Waals surface area contributed by atoms with Crippen LogP contribution in [0, 0.1) is 18.8 Å². The molecule has 90 heavy (non-hydrogen) atoms. The zero-order chi connectivity index (χ0) is 64.8. The first kappa shape index (κ1) is 66.6. The molecule has 0 aliphatic carbocycles. The van der Waals surface area contributed by atoms with Gasteiger partial charge in [0.1, 0.15) is 17.9 Å². The Bertz CT molecular complexity index is 3870. The number of piperidine rings is 2. The quantitative estimate of drug-likeness (QED) is 0.150. The Morgan fingerprint density at radius 3 is 1.12 bits per heavy atom. The third-order valence-corrected chi connectivity index (χ3v) is 17.4. The van der Waals surface area contributed by atoms with Gasteiger partial charge < -0.3 is 14.9 Å². The van der Waals surface area contributed by atoms with Gasteiger partial charge in [-0.25, -0.2) is 8.78 Å². The Labute approximate surface area is 543 Å². The summed E-state index contributed by atoms with van der Waals surface area (Å²) in [7, 11) is 0. The van der Waals surface area contributed by atoms with Crippen molar-refractivity contribution in [3.05, 3.63) is 214 Å². The summed E-state index contributed by atoms with van der Waals surface area (Å²) < 4.78 is 28.2. The first-order chi connectivity index (χ1) is 42.6. The second kappa shape index (κ2) is 28.1. The van der Waals surface area contributed by atoms with Gasteiger partial charge in [0.15, 0.2) is 0 Å². The Morgan fingerprint density at radius 1 is 0.456 bits per heavy atom. The largest absolute Gasteiger partial charge is 0.384 e. The van der Waals surface area contributed by atoms with Crippen LogP contribution in [0.5, 0.6) is 0 Å². The van der Waals surface area contributed by atoms with Crippen LogP contribution in [-0.4, -0.2) is 95.1 Å². The van der Waals surface area contributed by atoms with Crippen LogP contribution < -0.4 is 0 Å². The molecule has 0 bridgehead atoms. The summed E-state index contributed by atoms with van der Waals surface area (Å²) in [5.74, 6) is -0.396. The molecule has 2 amide bonds. The van der Waals surface area contributed by atoms with E-state index in [9.17, 15) is 23.5 Å². The normalized spacial score (nSPS) is 16.9. The maximum Gasteiger partial charge on any atom is 0.254 e. The predicted molar refractivity (Wildman–Crippen MR) is 360 cm³/mol. The standard InChI is InChI=1S/2C27H29ClFN3O.C20H19ClN2O/c2*1-17-8-10-32(16-24(17)29)26(33)19-5-6-22(23(28)12-19)21-11-20(14-30-15-21)18-7-9-31-25(13-18)27(2,3)4;1-13-4-5-17(18(21)8-13)16-9-15(11-22-12-16)14-6-7-23-19(10-14)20(2,3)24/h2*5-7,9,11-15,17,24H,8,10,16H2,1-4H3;4-12,24H,1-3H3/t2*17-,24-;/m10./s1. The lowest BCUT2D eigenvalue weighted by Gasteiger charge is -2.33. The number of aromatic nitrogens is 6. The number of halogens is 5. The van der Waals surface area contributed by atoms with E-state index < -0.39 is 17.9 Å². The van der Waals surface area contributed by atoms with Crippen LogP contribution in [0.3, 0.4) is 0 Å². The fraction of sp³-hybridized carbons (Fsp3) is 0.324. The molecule has 11 nitrogen and oxygen atoms in total. The lowest BCUT2D eigenvalue weighted by atomic mass is 9.90. The molecule has 4 atom stereocenters. The molecule has 0 spiro atoms. The summed E-state index contributed by atoms with van der Waals surface area (Å²) in [6.07, 6.45) is 15.5. The maximum absolute atomic E-state index is 14.1. The van der Waals surface area contributed by atoms with Crippen LogP contribution in [0.2, 0.25) is 15.1 Å². The SMILES string of the molecule is C[C@@H]1CCN(C(=O)c2ccc(-c3cncc(-c4ccnc(C(C)(C)C)c4)c3)c(Cl)c2)C[C@H]1F.C[C@H]1CCN(C(=O)c2ccc(-c3cncc(-c4ccnc(C(C)(C)C)c4)c3)c(Cl)c2)C[C@@H]1F.Cc1ccc(-c2cncc(-c3ccnc(C(C)(C)O)c3)c2)c(Cl)c1. The van der Waals surface area contributed by atoms with Crippen LogP contribution in [0.25, 0.3) is 66.8 Å². The van der Waals surface area contributed by atoms with E-state index in [0.29, 0.717) is 57.8 Å². The molecule has 16 heteroatoms. The van der Waals surface area contributed by atoms with Crippen molar-refractivity contribution in [2.75, 3.05) is 26.2 Å². The van der Waals surface area contributed by atoms with Gasteiger partial charge in [-0.1, -0.05) is 114 Å². The third kappa shape index (κ3) is 16.4. The monoisotopic (exact) mass is 1270 g/mol. The number of hydrogen-bond donors (Lipinski definition) is 1. The number of carbonyl (C=O) groups is 2. The molecular weight excluding hydrogens is 1190 g/mol. The molecule has 11 rings (SSSR count). The summed E-state index contributed by atoms with van der Waals surface area (Å²) in [6, 6.07) is 34.5. The molecule has 2 fully saturated rings. The molecule has 0 radical (unpaired) electrons. The van der Waals surface area contributed by atoms with Gasteiger partial charge in [-0.2, -0.15) is 0 Å². The summed E-state index contributed by atoms with van der Waals surface area (Å²) in [6.45, 7) is 23.4. The number of alkyl halides is 2. The van der Waals surface area contributed by atoms with Crippen molar-refractivity contribution in [1.82, 2.24) is 39.7 Å². The zero-order valence-electron chi connectivity index (χ0n) is 52.9. The lowest BCUT2D eigenvalue weighted by molar-refractivity contribution is 0.0536. The molecule has 1 N–H and O–H groups in total. The minimum atomic E-state index is -0.988. The van der Waals surface area contributed by atoms with Crippen LogP contribution in [0.1, 0.15) is 125 Å². The summed E-state index contributed by atoms with van der Waals surface area (Å²) in [4.78, 5) is 55.4. The number of aliphatic hydroxyl groups is 1. The third-order valence-electron chi connectivity index (χ3n) is 16.5. The van der Waals surface area contributed by atoms with Crippen molar-refractivity contribution in [1.29, 1.82) is 0 Å². The maximum atomic E-state index is 14.1. The Morgan fingerprint density at radius 2 is 0.789 bits per heavy atom. The zero-order valence-corrected chi connectivity index (χ0v) is 55.1. The van der Waals surface area contributed by atoms with E-state index >= 15 is 0 Å². The van der Waals surface area contributed by atoms with Crippen molar-refractivity contribution >= 4 is 46.6 Å². The number of pyridine rings is 6. The highest BCUT2D eigenvalue weighted by Gasteiger charge is 2.31. The Hall–Kier alpha value is -7.81. The van der Waals surface area contributed by atoms with Gasteiger partial charge in [-0.05, 0) is 153 Å². The fourth-order valence-corrected chi connectivity index (χ4v) is 11.5. The fourth-order valence-electron chi connectivity index (χ4n) is 10.6. The van der Waals surface area contributed by atoms with E-state index in [1.54, 1.807) is 78.9 Å². The van der Waals surface area contributed by atoms with E-state index in [2.05, 4.69) is 83.6 Å². The van der Waals surface area contributed by atoms with Gasteiger partial charge in [-0.3, -0.25) is 39.5 Å². The Balaban J connectivity index is 0.000000162. The number of hydrogen-bond acceptors (Lipinski definition) is 9. The van der Waals surface area contributed by atoms with E-state index in [-0.39, 0.29) is 47.6 Å². The van der Waals surface area contributed by atoms with Crippen molar-refractivity contribution in [3.8, 4) is 66.8 Å². The topological polar surface area (TPSA) is 138 Å². The molecule has 0 unspecified atom stereocenters. The molecule has 2 saturated heterocycles. The molecule has 0 saturated carbocycles. The summed E-state index contributed by atoms with van der Waals surface area (Å²) in [5, 5.41) is 11.8. The van der Waals surface area contributed by atoms with Gasteiger partial charge in [0, 0.05) is 167 Å². The van der Waals surface area contributed by atoms with Crippen LogP contribution in [-0.2, 0) is 16.4 Å². The minimum Gasteiger partial charge on any atom is -0.384 e. The first-order valence-electron chi connectivity index (χ1n) is 30.3. The molecule has 2 aliphatic rings. The predicted octanol–water partition coefficient (Wildman–Crippen LogP) is 18.2. The number of nitrogens with zero attached hydrogens (tertiary/aromatic N) is 8. The molecule has 8 heterocycles. The average Bonchev–Trinajstić information content (AvgIpc) is 0.897. The number of benzene rings is 3. The molecular formula is C74H77Cl3F2N8O3. The average molecular weight is 1270 g/mol.